The van der Waals surface area contributed by atoms with Crippen LogP contribution in [-0.4, -0.2) is 30.5 Å². The Labute approximate surface area is 154 Å². The van der Waals surface area contributed by atoms with Crippen molar-refractivity contribution in [3.8, 4) is 0 Å². The van der Waals surface area contributed by atoms with E-state index in [4.69, 9.17) is 5.73 Å². The molecule has 3 N–H and O–H groups in total. The molecule has 0 saturated carbocycles. The highest BCUT2D eigenvalue weighted by Crippen LogP contribution is 2.31. The van der Waals surface area contributed by atoms with E-state index in [-0.39, 0.29) is 5.56 Å². The number of carbonyl (C=O) groups is 1. The highest BCUT2D eigenvalue weighted by molar-refractivity contribution is 9.10. The number of nitrogens with zero attached hydrogens (tertiary/aromatic N) is 2. The molecule has 1 aromatic heterocycles. The number of aromatic nitrogens is 1. The lowest BCUT2D eigenvalue weighted by molar-refractivity contribution is 0.0997. The number of nitrogens with one attached hydrogen (secondary N) is 1. The van der Waals surface area contributed by atoms with Gasteiger partial charge in [-0.2, -0.15) is 0 Å². The van der Waals surface area contributed by atoms with Crippen molar-refractivity contribution >= 4 is 33.3 Å². The number of pyridine rings is 1. The van der Waals surface area contributed by atoms with Crippen molar-refractivity contribution in [1.82, 2.24) is 4.98 Å². The van der Waals surface area contributed by atoms with E-state index in [1.165, 1.54) is 6.07 Å². The maximum atomic E-state index is 14.1. The molecule has 3 rings (SSSR count). The molecule has 1 saturated heterocycles. The Bertz CT molecular complexity index is 799. The molecule has 1 aromatic carbocycles. The third-order valence-electron chi connectivity index (χ3n) is 4.37. The van der Waals surface area contributed by atoms with Crippen molar-refractivity contribution in [2.75, 3.05) is 29.9 Å². The number of primary amides is 1. The standard InChI is InChI=1S/C18H20BrFN4O/c1-11-3-2-4-16(23-11)22-9-12-5-6-24(10-12)15-8-13(19)7-14(20)17(15)18(21)25/h2-4,7-8,12H,5-6,9-10H2,1H3,(H2,21,25)(H,22,23). The van der Waals surface area contributed by atoms with Crippen LogP contribution in [0.5, 0.6) is 0 Å². The van der Waals surface area contributed by atoms with Crippen LogP contribution in [0.4, 0.5) is 15.9 Å². The average Bonchev–Trinajstić information content (AvgIpc) is 3.00. The van der Waals surface area contributed by atoms with Gasteiger partial charge in [0.1, 0.15) is 11.6 Å². The topological polar surface area (TPSA) is 71.2 Å². The maximum Gasteiger partial charge on any atom is 0.253 e. The molecule has 0 bridgehead atoms. The summed E-state index contributed by atoms with van der Waals surface area (Å²) < 4.78 is 14.7. The van der Waals surface area contributed by atoms with E-state index in [0.29, 0.717) is 16.1 Å². The molecule has 0 aliphatic carbocycles. The molecule has 1 unspecified atom stereocenters. The Morgan fingerprint density at radius 1 is 1.48 bits per heavy atom. The SMILES string of the molecule is Cc1cccc(NCC2CCN(c3cc(Br)cc(F)c3C(N)=O)C2)n1. The van der Waals surface area contributed by atoms with Gasteiger partial charge in [-0.3, -0.25) is 4.79 Å². The molecular formula is C18H20BrFN4O. The second-order valence-electron chi connectivity index (χ2n) is 6.29. The fourth-order valence-corrected chi connectivity index (χ4v) is 3.58. The summed E-state index contributed by atoms with van der Waals surface area (Å²) >= 11 is 3.29. The van der Waals surface area contributed by atoms with Crippen LogP contribution in [0.25, 0.3) is 0 Å². The summed E-state index contributed by atoms with van der Waals surface area (Å²) in [4.78, 5) is 18.1. The fourth-order valence-electron chi connectivity index (χ4n) is 3.16. The lowest BCUT2D eigenvalue weighted by Gasteiger charge is -2.22. The first-order valence-electron chi connectivity index (χ1n) is 8.15. The molecule has 1 aliphatic heterocycles. The summed E-state index contributed by atoms with van der Waals surface area (Å²) in [6, 6.07) is 8.88. The number of benzene rings is 1. The molecule has 7 heteroatoms. The highest BCUT2D eigenvalue weighted by atomic mass is 79.9. The van der Waals surface area contributed by atoms with Crippen molar-refractivity contribution in [1.29, 1.82) is 0 Å². The first kappa shape index (κ1) is 17.7. The molecular weight excluding hydrogens is 387 g/mol. The molecule has 0 spiro atoms. The molecule has 1 amide bonds. The van der Waals surface area contributed by atoms with E-state index in [0.717, 1.165) is 37.6 Å². The number of hydrogen-bond donors (Lipinski definition) is 2. The number of carbonyl (C=O) groups excluding carboxylic acids is 1. The normalized spacial score (nSPS) is 16.9. The van der Waals surface area contributed by atoms with E-state index in [1.54, 1.807) is 6.07 Å². The van der Waals surface area contributed by atoms with Crippen molar-refractivity contribution in [2.24, 2.45) is 11.7 Å². The van der Waals surface area contributed by atoms with Gasteiger partial charge in [0.2, 0.25) is 0 Å². The van der Waals surface area contributed by atoms with Gasteiger partial charge in [0.05, 0.1) is 11.3 Å². The van der Waals surface area contributed by atoms with Crippen LogP contribution < -0.4 is 16.0 Å². The number of rotatable bonds is 5. The van der Waals surface area contributed by atoms with Gasteiger partial charge >= 0.3 is 0 Å². The number of halogens is 2. The molecule has 2 aromatic rings. The summed E-state index contributed by atoms with van der Waals surface area (Å²) in [6.07, 6.45) is 0.950. The molecule has 25 heavy (non-hydrogen) atoms. The smallest absolute Gasteiger partial charge is 0.253 e. The third-order valence-corrected chi connectivity index (χ3v) is 4.83. The van der Waals surface area contributed by atoms with Gasteiger partial charge in [0.25, 0.3) is 5.91 Å². The summed E-state index contributed by atoms with van der Waals surface area (Å²) in [6.45, 7) is 4.21. The predicted octanol–water partition coefficient (Wildman–Crippen LogP) is 3.33. The summed E-state index contributed by atoms with van der Waals surface area (Å²) in [5, 5.41) is 3.35. The van der Waals surface area contributed by atoms with Crippen LogP contribution in [0.1, 0.15) is 22.5 Å². The predicted molar refractivity (Wildman–Crippen MR) is 100 cm³/mol. The quantitative estimate of drug-likeness (QED) is 0.798. The second-order valence-corrected chi connectivity index (χ2v) is 7.21. The van der Waals surface area contributed by atoms with Crippen LogP contribution >= 0.6 is 15.9 Å². The van der Waals surface area contributed by atoms with E-state index in [2.05, 4.69) is 26.2 Å². The van der Waals surface area contributed by atoms with Gasteiger partial charge in [-0.1, -0.05) is 22.0 Å². The zero-order valence-electron chi connectivity index (χ0n) is 13.9. The zero-order chi connectivity index (χ0) is 18.0. The fraction of sp³-hybridized carbons (Fsp3) is 0.333. The lowest BCUT2D eigenvalue weighted by Crippen LogP contribution is -2.26. The number of hydrogen-bond acceptors (Lipinski definition) is 4. The largest absolute Gasteiger partial charge is 0.370 e. The highest BCUT2D eigenvalue weighted by Gasteiger charge is 2.27. The molecule has 1 aliphatic rings. The second kappa shape index (κ2) is 7.39. The van der Waals surface area contributed by atoms with Gasteiger partial charge in [0, 0.05) is 29.8 Å². The number of amides is 1. The van der Waals surface area contributed by atoms with E-state index < -0.39 is 11.7 Å². The minimum atomic E-state index is -0.745. The monoisotopic (exact) mass is 406 g/mol. The average molecular weight is 407 g/mol. The number of nitrogens with two attached hydrogens (primary N) is 1. The Morgan fingerprint density at radius 2 is 2.28 bits per heavy atom. The minimum Gasteiger partial charge on any atom is -0.370 e. The summed E-state index contributed by atoms with van der Waals surface area (Å²) in [5.74, 6) is -0.109. The molecule has 132 valence electrons. The first-order valence-corrected chi connectivity index (χ1v) is 8.94. The van der Waals surface area contributed by atoms with Crippen LogP contribution in [-0.2, 0) is 0 Å². The van der Waals surface area contributed by atoms with Crippen molar-refractivity contribution in [2.45, 2.75) is 13.3 Å². The van der Waals surface area contributed by atoms with Crippen LogP contribution in [0.15, 0.2) is 34.8 Å². The van der Waals surface area contributed by atoms with Crippen LogP contribution in [0.3, 0.4) is 0 Å². The van der Waals surface area contributed by atoms with Crippen LogP contribution in [0, 0.1) is 18.7 Å². The van der Waals surface area contributed by atoms with Gasteiger partial charge in [-0.15, -0.1) is 0 Å². The Morgan fingerprint density at radius 3 is 3.00 bits per heavy atom. The minimum absolute atomic E-state index is 0.0443. The van der Waals surface area contributed by atoms with Crippen LogP contribution in [0.2, 0.25) is 0 Å². The Balaban J connectivity index is 1.70. The van der Waals surface area contributed by atoms with E-state index in [9.17, 15) is 9.18 Å². The molecule has 1 atom stereocenters. The molecule has 5 nitrogen and oxygen atoms in total. The number of anilines is 2. The van der Waals surface area contributed by atoms with Gasteiger partial charge in [-0.05, 0) is 43.5 Å². The molecule has 0 radical (unpaired) electrons. The van der Waals surface area contributed by atoms with Crippen molar-refractivity contribution < 1.29 is 9.18 Å². The zero-order valence-corrected chi connectivity index (χ0v) is 15.5. The third kappa shape index (κ3) is 4.10. The van der Waals surface area contributed by atoms with Crippen molar-refractivity contribution in [3.05, 3.63) is 51.9 Å². The lowest BCUT2D eigenvalue weighted by atomic mass is 10.1. The molecule has 2 heterocycles. The van der Waals surface area contributed by atoms with E-state index in [1.807, 2.05) is 30.0 Å². The first-order chi connectivity index (χ1) is 11.9. The summed E-state index contributed by atoms with van der Waals surface area (Å²) in [5.41, 5.74) is 6.85. The van der Waals surface area contributed by atoms with Crippen molar-refractivity contribution in [3.63, 3.8) is 0 Å². The van der Waals surface area contributed by atoms with Gasteiger partial charge in [0.15, 0.2) is 0 Å². The molecule has 1 fully saturated rings. The number of aryl methyl sites for hydroxylation is 1. The summed E-state index contributed by atoms with van der Waals surface area (Å²) in [7, 11) is 0. The Hall–Kier alpha value is -2.15. The van der Waals surface area contributed by atoms with Gasteiger partial charge in [-0.25, -0.2) is 9.37 Å². The van der Waals surface area contributed by atoms with Gasteiger partial charge < -0.3 is 16.0 Å². The Kier molecular flexibility index (Phi) is 5.22. The maximum absolute atomic E-state index is 14.1. The van der Waals surface area contributed by atoms with E-state index >= 15 is 0 Å².